The molecule has 0 saturated carbocycles. The summed E-state index contributed by atoms with van der Waals surface area (Å²) in [6.07, 6.45) is 2.10. The van der Waals surface area contributed by atoms with Crippen LogP contribution in [0, 0.1) is 11.3 Å². The Kier molecular flexibility index (Phi) is 8.59. The van der Waals surface area contributed by atoms with Gasteiger partial charge in [-0.2, -0.15) is 5.26 Å². The van der Waals surface area contributed by atoms with Crippen molar-refractivity contribution < 1.29 is 14.3 Å². The van der Waals surface area contributed by atoms with Crippen LogP contribution in [0.4, 0.5) is 5.69 Å². The topological polar surface area (TPSA) is 71.3 Å². The summed E-state index contributed by atoms with van der Waals surface area (Å²) in [6, 6.07) is 32.0. The molecule has 1 amide bonds. The molecule has 0 saturated heterocycles. The number of amides is 1. The largest absolute Gasteiger partial charge is 0.497 e. The highest BCUT2D eigenvalue weighted by Gasteiger charge is 2.13. The lowest BCUT2D eigenvalue weighted by Gasteiger charge is -2.11. The molecule has 0 fully saturated rings. The maximum absolute atomic E-state index is 12.9. The number of nitriles is 1. The lowest BCUT2D eigenvalue weighted by molar-refractivity contribution is -0.112. The fraction of sp³-hybridized carbons (Fsp3) is 0.0968. The van der Waals surface area contributed by atoms with Crippen molar-refractivity contribution in [1.29, 1.82) is 5.26 Å². The second-order valence-corrected chi connectivity index (χ2v) is 8.66. The first-order valence-electron chi connectivity index (χ1n) is 11.7. The van der Waals surface area contributed by atoms with Crippen LogP contribution in [0.3, 0.4) is 0 Å². The molecule has 184 valence electrons. The monoisotopic (exact) mass is 508 g/mol. The molecule has 6 heteroatoms. The van der Waals surface area contributed by atoms with Crippen LogP contribution in [0.25, 0.3) is 6.08 Å². The lowest BCUT2D eigenvalue weighted by atomic mass is 9.97. The quantitative estimate of drug-likeness (QED) is 0.194. The van der Waals surface area contributed by atoms with Crippen molar-refractivity contribution in [3.63, 3.8) is 0 Å². The van der Waals surface area contributed by atoms with E-state index in [9.17, 15) is 10.1 Å². The predicted molar refractivity (Wildman–Crippen MR) is 147 cm³/mol. The fourth-order valence-corrected chi connectivity index (χ4v) is 3.93. The Morgan fingerprint density at radius 1 is 0.919 bits per heavy atom. The summed E-state index contributed by atoms with van der Waals surface area (Å²) in [5.41, 5.74) is 4.16. The Morgan fingerprint density at radius 2 is 1.62 bits per heavy atom. The molecule has 0 bridgehead atoms. The summed E-state index contributed by atoms with van der Waals surface area (Å²) in [5, 5.41) is 13.2. The molecule has 0 aliphatic heterocycles. The van der Waals surface area contributed by atoms with Crippen molar-refractivity contribution in [1.82, 2.24) is 0 Å². The van der Waals surface area contributed by atoms with Gasteiger partial charge in [0.1, 0.15) is 29.7 Å². The zero-order valence-corrected chi connectivity index (χ0v) is 21.0. The van der Waals surface area contributed by atoms with E-state index in [0.717, 1.165) is 22.3 Å². The van der Waals surface area contributed by atoms with E-state index in [1.54, 1.807) is 43.5 Å². The number of benzene rings is 4. The molecule has 5 nitrogen and oxygen atoms in total. The van der Waals surface area contributed by atoms with Gasteiger partial charge in [-0.25, -0.2) is 0 Å². The highest BCUT2D eigenvalue weighted by atomic mass is 35.5. The Balaban J connectivity index is 1.48. The molecule has 4 aromatic carbocycles. The van der Waals surface area contributed by atoms with E-state index in [1.807, 2.05) is 72.8 Å². The minimum atomic E-state index is -0.500. The molecule has 0 aliphatic rings. The zero-order valence-electron chi connectivity index (χ0n) is 20.3. The van der Waals surface area contributed by atoms with E-state index in [-0.39, 0.29) is 5.57 Å². The van der Waals surface area contributed by atoms with Crippen LogP contribution >= 0.6 is 11.6 Å². The number of carbonyl (C=O) groups is 1. The molecule has 0 aliphatic carbocycles. The molecule has 0 radical (unpaired) electrons. The number of halogens is 1. The van der Waals surface area contributed by atoms with Gasteiger partial charge in [-0.05, 0) is 77.2 Å². The van der Waals surface area contributed by atoms with Crippen molar-refractivity contribution >= 4 is 29.3 Å². The normalized spacial score (nSPS) is 10.9. The van der Waals surface area contributed by atoms with Gasteiger partial charge in [-0.3, -0.25) is 4.79 Å². The smallest absolute Gasteiger partial charge is 0.266 e. The Hall–Kier alpha value is -4.53. The maximum atomic E-state index is 12.9. The van der Waals surface area contributed by atoms with E-state index in [2.05, 4.69) is 5.32 Å². The first-order valence-corrected chi connectivity index (χ1v) is 12.0. The van der Waals surface area contributed by atoms with E-state index in [1.165, 1.54) is 0 Å². The minimum Gasteiger partial charge on any atom is -0.497 e. The van der Waals surface area contributed by atoms with E-state index in [4.69, 9.17) is 21.1 Å². The predicted octanol–water partition coefficient (Wildman–Crippen LogP) is 7.06. The van der Waals surface area contributed by atoms with Gasteiger partial charge in [0.15, 0.2) is 0 Å². The van der Waals surface area contributed by atoms with Crippen LogP contribution < -0.4 is 14.8 Å². The number of ether oxygens (including phenoxy) is 2. The van der Waals surface area contributed by atoms with Gasteiger partial charge >= 0.3 is 0 Å². The summed E-state index contributed by atoms with van der Waals surface area (Å²) in [7, 11) is 1.59. The number of anilines is 1. The average molecular weight is 509 g/mol. The molecule has 4 aromatic rings. The van der Waals surface area contributed by atoms with Crippen LogP contribution in [0.15, 0.2) is 103 Å². The van der Waals surface area contributed by atoms with Gasteiger partial charge in [0, 0.05) is 10.7 Å². The molecule has 37 heavy (non-hydrogen) atoms. The average Bonchev–Trinajstić information content (AvgIpc) is 2.93. The molecule has 0 heterocycles. The Bertz CT molecular complexity index is 1440. The van der Waals surface area contributed by atoms with Crippen LogP contribution in [0.2, 0.25) is 5.02 Å². The number of methoxy groups -OCH3 is 1. The molecular formula is C31H25ClN2O3. The van der Waals surface area contributed by atoms with Gasteiger partial charge < -0.3 is 14.8 Å². The summed E-state index contributed by atoms with van der Waals surface area (Å²) < 4.78 is 11.2. The zero-order chi connectivity index (χ0) is 26.0. The molecule has 1 N–H and O–H groups in total. The molecule has 4 rings (SSSR count). The van der Waals surface area contributed by atoms with Gasteiger partial charge in [0.2, 0.25) is 0 Å². The third-order valence-electron chi connectivity index (χ3n) is 5.71. The van der Waals surface area contributed by atoms with Crippen molar-refractivity contribution in [3.8, 4) is 17.6 Å². The van der Waals surface area contributed by atoms with E-state index >= 15 is 0 Å². The Labute approximate surface area is 221 Å². The SMILES string of the molecule is COc1ccc(/C=C(\C#N)C(=O)Nc2ccc(OCc3ccccc3)cc2)c(Cc2ccccc2Cl)c1. The maximum Gasteiger partial charge on any atom is 0.266 e. The van der Waals surface area contributed by atoms with Crippen LogP contribution in [-0.2, 0) is 17.8 Å². The summed E-state index contributed by atoms with van der Waals surface area (Å²) in [4.78, 5) is 12.9. The third kappa shape index (κ3) is 7.00. The van der Waals surface area contributed by atoms with Crippen molar-refractivity contribution in [2.24, 2.45) is 0 Å². The molecular weight excluding hydrogens is 484 g/mol. The number of hydrogen-bond donors (Lipinski definition) is 1. The van der Waals surface area contributed by atoms with Gasteiger partial charge in [0.25, 0.3) is 5.91 Å². The van der Waals surface area contributed by atoms with Gasteiger partial charge in [-0.1, -0.05) is 66.2 Å². The third-order valence-corrected chi connectivity index (χ3v) is 6.08. The summed E-state index contributed by atoms with van der Waals surface area (Å²) in [6.45, 7) is 0.451. The lowest BCUT2D eigenvalue weighted by Crippen LogP contribution is -2.13. The number of carbonyl (C=O) groups excluding carboxylic acids is 1. The molecule has 0 aromatic heterocycles. The number of hydrogen-bond acceptors (Lipinski definition) is 4. The van der Waals surface area contributed by atoms with Crippen LogP contribution in [0.1, 0.15) is 22.3 Å². The summed E-state index contributed by atoms with van der Waals surface area (Å²) >= 11 is 6.36. The Morgan fingerprint density at radius 3 is 2.32 bits per heavy atom. The van der Waals surface area contributed by atoms with Gasteiger partial charge in [0.05, 0.1) is 7.11 Å². The standard InChI is InChI=1S/C31H25ClN2O3/c1-36-29-14-11-23(25(19-29)18-24-9-5-6-10-30(24)32)17-26(20-33)31(35)34-27-12-15-28(16-13-27)37-21-22-7-3-2-4-8-22/h2-17,19H,18,21H2,1H3,(H,34,35)/b26-17+. The number of nitrogens with zero attached hydrogens (tertiary/aromatic N) is 1. The highest BCUT2D eigenvalue weighted by molar-refractivity contribution is 6.31. The van der Waals surface area contributed by atoms with Crippen molar-refractivity contribution in [2.75, 3.05) is 12.4 Å². The molecule has 0 atom stereocenters. The second-order valence-electron chi connectivity index (χ2n) is 8.26. The van der Waals surface area contributed by atoms with Gasteiger partial charge in [-0.15, -0.1) is 0 Å². The van der Waals surface area contributed by atoms with Crippen molar-refractivity contribution in [2.45, 2.75) is 13.0 Å². The number of rotatable bonds is 9. The summed E-state index contributed by atoms with van der Waals surface area (Å²) in [5.74, 6) is 0.858. The van der Waals surface area contributed by atoms with Crippen molar-refractivity contribution in [3.05, 3.63) is 130 Å². The fourth-order valence-electron chi connectivity index (χ4n) is 3.73. The van der Waals surface area contributed by atoms with Crippen LogP contribution in [0.5, 0.6) is 11.5 Å². The first-order chi connectivity index (χ1) is 18.1. The highest BCUT2D eigenvalue weighted by Crippen LogP contribution is 2.26. The van der Waals surface area contributed by atoms with Crippen LogP contribution in [-0.4, -0.2) is 13.0 Å². The van der Waals surface area contributed by atoms with E-state index < -0.39 is 5.91 Å². The number of nitrogens with one attached hydrogen (secondary N) is 1. The second kappa shape index (κ2) is 12.4. The first kappa shape index (κ1) is 25.6. The van der Waals surface area contributed by atoms with E-state index in [0.29, 0.717) is 35.2 Å². The minimum absolute atomic E-state index is 0.0185. The molecule has 0 spiro atoms. The molecule has 0 unspecified atom stereocenters.